The fraction of sp³-hybridized carbons (Fsp3) is 0.0625. The van der Waals surface area contributed by atoms with Gasteiger partial charge in [-0.05, 0) is 17.7 Å². The highest BCUT2D eigenvalue weighted by Gasteiger charge is 2.16. The third-order valence-electron chi connectivity index (χ3n) is 2.94. The smallest absolute Gasteiger partial charge is 0.339 e. The number of amidine groups is 1. The molecule has 0 spiro atoms. The Morgan fingerprint density at radius 1 is 1.14 bits per heavy atom. The van der Waals surface area contributed by atoms with E-state index in [2.05, 4.69) is 0 Å². The zero-order valence-electron chi connectivity index (χ0n) is 11.6. The molecule has 6 nitrogen and oxygen atoms in total. The normalized spacial score (nSPS) is 10.0. The molecule has 0 aliphatic rings. The van der Waals surface area contributed by atoms with Crippen LogP contribution in [0.2, 0.25) is 0 Å². The fourth-order valence-corrected chi connectivity index (χ4v) is 1.87. The number of hydrogen-bond donors (Lipinski definition) is 3. The summed E-state index contributed by atoms with van der Waals surface area (Å²) in [7, 11) is 0. The summed E-state index contributed by atoms with van der Waals surface area (Å²) < 4.78 is 5.13. The van der Waals surface area contributed by atoms with Gasteiger partial charge in [0, 0.05) is 5.56 Å². The van der Waals surface area contributed by atoms with Crippen molar-refractivity contribution in [1.29, 1.82) is 5.41 Å². The summed E-state index contributed by atoms with van der Waals surface area (Å²) in [5, 5.41) is 16.5. The number of rotatable bonds is 5. The van der Waals surface area contributed by atoms with Gasteiger partial charge in [0.2, 0.25) is 0 Å². The first-order valence-corrected chi connectivity index (χ1v) is 6.43. The van der Waals surface area contributed by atoms with Gasteiger partial charge in [0.05, 0.1) is 6.42 Å². The number of aromatic carboxylic acids is 1. The molecule has 0 bridgehead atoms. The molecule has 0 unspecified atom stereocenters. The van der Waals surface area contributed by atoms with E-state index in [1.54, 1.807) is 24.3 Å². The topological polar surface area (TPSA) is 113 Å². The number of ether oxygens (including phenoxy) is 1. The fourth-order valence-electron chi connectivity index (χ4n) is 1.87. The largest absolute Gasteiger partial charge is 0.478 e. The monoisotopic (exact) mass is 298 g/mol. The summed E-state index contributed by atoms with van der Waals surface area (Å²) in [6.45, 7) is 0. The van der Waals surface area contributed by atoms with Crippen LogP contribution in [0, 0.1) is 5.41 Å². The number of carboxylic acid groups (broad SMARTS) is 1. The van der Waals surface area contributed by atoms with E-state index in [0.717, 1.165) is 5.56 Å². The number of hydrogen-bond acceptors (Lipinski definition) is 4. The third-order valence-corrected chi connectivity index (χ3v) is 2.94. The molecule has 2 aromatic carbocycles. The van der Waals surface area contributed by atoms with Crippen molar-refractivity contribution in [2.75, 3.05) is 0 Å². The lowest BCUT2D eigenvalue weighted by molar-refractivity contribution is -0.133. The molecule has 0 aromatic heterocycles. The number of esters is 1. The van der Waals surface area contributed by atoms with Crippen LogP contribution >= 0.6 is 0 Å². The molecule has 0 amide bonds. The molecule has 0 aliphatic heterocycles. The Morgan fingerprint density at radius 3 is 2.41 bits per heavy atom. The van der Waals surface area contributed by atoms with Crippen molar-refractivity contribution in [2.24, 2.45) is 5.73 Å². The first-order valence-electron chi connectivity index (χ1n) is 6.43. The highest BCUT2D eigenvalue weighted by Crippen LogP contribution is 2.21. The van der Waals surface area contributed by atoms with E-state index in [-0.39, 0.29) is 29.1 Å². The summed E-state index contributed by atoms with van der Waals surface area (Å²) in [5.74, 6) is -2.18. The van der Waals surface area contributed by atoms with Crippen molar-refractivity contribution in [1.82, 2.24) is 0 Å². The number of nitrogens with two attached hydrogens (primary N) is 1. The van der Waals surface area contributed by atoms with Gasteiger partial charge in [-0.1, -0.05) is 36.4 Å². The van der Waals surface area contributed by atoms with Gasteiger partial charge < -0.3 is 15.6 Å². The Kier molecular flexibility index (Phi) is 4.53. The Morgan fingerprint density at radius 2 is 1.82 bits per heavy atom. The van der Waals surface area contributed by atoms with E-state index in [1.165, 1.54) is 18.2 Å². The summed E-state index contributed by atoms with van der Waals surface area (Å²) in [4.78, 5) is 23.1. The molecule has 6 heteroatoms. The molecule has 22 heavy (non-hydrogen) atoms. The van der Waals surface area contributed by atoms with Gasteiger partial charge in [-0.15, -0.1) is 0 Å². The molecular formula is C16H14N2O4. The molecule has 0 radical (unpaired) electrons. The van der Waals surface area contributed by atoms with Crippen molar-refractivity contribution in [3.05, 3.63) is 65.2 Å². The predicted molar refractivity (Wildman–Crippen MR) is 80.2 cm³/mol. The van der Waals surface area contributed by atoms with E-state index in [0.29, 0.717) is 0 Å². The molecule has 0 saturated carbocycles. The van der Waals surface area contributed by atoms with E-state index in [1.807, 2.05) is 6.07 Å². The standard InChI is InChI=1S/C16H14N2O4/c17-15(18)11-6-7-12(16(20)21)13(9-11)22-14(19)8-10-4-2-1-3-5-10/h1-7,9H,8H2,(H3,17,18)(H,20,21). The van der Waals surface area contributed by atoms with Crippen LogP contribution in [0.25, 0.3) is 0 Å². The second-order valence-electron chi connectivity index (χ2n) is 4.57. The lowest BCUT2D eigenvalue weighted by Gasteiger charge is -2.09. The maximum absolute atomic E-state index is 11.9. The van der Waals surface area contributed by atoms with Crippen LogP contribution in [0.4, 0.5) is 0 Å². The minimum Gasteiger partial charge on any atom is -0.478 e. The van der Waals surface area contributed by atoms with Gasteiger partial charge in [-0.3, -0.25) is 10.2 Å². The first-order chi connectivity index (χ1) is 10.5. The quantitative estimate of drug-likeness (QED) is 0.337. The number of carbonyl (C=O) groups excluding carboxylic acids is 1. The van der Waals surface area contributed by atoms with Crippen molar-refractivity contribution in [3.63, 3.8) is 0 Å². The van der Waals surface area contributed by atoms with Crippen LogP contribution < -0.4 is 10.5 Å². The summed E-state index contributed by atoms with van der Waals surface area (Å²) >= 11 is 0. The molecule has 0 heterocycles. The van der Waals surface area contributed by atoms with Crippen LogP contribution in [0.3, 0.4) is 0 Å². The number of carbonyl (C=O) groups is 2. The SMILES string of the molecule is N=C(N)c1ccc(C(=O)O)c(OC(=O)Cc2ccccc2)c1. The van der Waals surface area contributed by atoms with Gasteiger partial charge in [-0.2, -0.15) is 0 Å². The zero-order chi connectivity index (χ0) is 16.1. The van der Waals surface area contributed by atoms with E-state index in [9.17, 15) is 9.59 Å². The highest BCUT2D eigenvalue weighted by molar-refractivity contribution is 5.98. The van der Waals surface area contributed by atoms with E-state index < -0.39 is 11.9 Å². The van der Waals surface area contributed by atoms with Gasteiger partial charge >= 0.3 is 11.9 Å². The maximum atomic E-state index is 11.9. The van der Waals surface area contributed by atoms with Gasteiger partial charge in [-0.25, -0.2) is 4.79 Å². The molecule has 112 valence electrons. The van der Waals surface area contributed by atoms with Crippen molar-refractivity contribution in [2.45, 2.75) is 6.42 Å². The van der Waals surface area contributed by atoms with Gasteiger partial charge in [0.15, 0.2) is 0 Å². The minimum atomic E-state index is -1.22. The molecule has 0 fully saturated rings. The van der Waals surface area contributed by atoms with Crippen molar-refractivity contribution in [3.8, 4) is 5.75 Å². The molecule has 0 saturated heterocycles. The first kappa shape index (κ1) is 15.2. The molecule has 0 atom stereocenters. The summed E-state index contributed by atoms with van der Waals surface area (Å²) in [5.41, 5.74) is 6.24. The van der Waals surface area contributed by atoms with E-state index >= 15 is 0 Å². The Labute approximate surface area is 126 Å². The lowest BCUT2D eigenvalue weighted by Crippen LogP contribution is -2.16. The highest BCUT2D eigenvalue weighted by atomic mass is 16.5. The molecule has 2 rings (SSSR count). The summed E-state index contributed by atoms with van der Waals surface area (Å²) in [6, 6.07) is 12.9. The molecule has 2 aromatic rings. The maximum Gasteiger partial charge on any atom is 0.339 e. The van der Waals surface area contributed by atoms with Crippen LogP contribution in [-0.2, 0) is 11.2 Å². The number of carboxylic acids is 1. The van der Waals surface area contributed by atoms with E-state index in [4.69, 9.17) is 21.0 Å². The third kappa shape index (κ3) is 3.69. The van der Waals surface area contributed by atoms with Crippen LogP contribution in [-0.4, -0.2) is 22.9 Å². The van der Waals surface area contributed by atoms with Gasteiger partial charge in [0.25, 0.3) is 0 Å². The van der Waals surface area contributed by atoms with Crippen LogP contribution in [0.1, 0.15) is 21.5 Å². The number of nitrogen functional groups attached to an aromatic ring is 1. The second kappa shape index (κ2) is 6.53. The van der Waals surface area contributed by atoms with Crippen molar-refractivity contribution < 1.29 is 19.4 Å². The lowest BCUT2D eigenvalue weighted by atomic mass is 10.1. The molecule has 4 N–H and O–H groups in total. The number of nitrogens with one attached hydrogen (secondary N) is 1. The van der Waals surface area contributed by atoms with Gasteiger partial charge in [0.1, 0.15) is 17.1 Å². The Hall–Kier alpha value is -3.15. The average molecular weight is 298 g/mol. The molecular weight excluding hydrogens is 284 g/mol. The Balaban J connectivity index is 2.23. The number of benzene rings is 2. The summed E-state index contributed by atoms with van der Waals surface area (Å²) in [6.07, 6.45) is 0.0181. The van der Waals surface area contributed by atoms with Crippen LogP contribution in [0.5, 0.6) is 5.75 Å². The molecule has 0 aliphatic carbocycles. The average Bonchev–Trinajstić information content (AvgIpc) is 2.47. The zero-order valence-corrected chi connectivity index (χ0v) is 11.6. The minimum absolute atomic E-state index is 0.0181. The van der Waals surface area contributed by atoms with Crippen molar-refractivity contribution >= 4 is 17.8 Å². The second-order valence-corrected chi connectivity index (χ2v) is 4.57. The Bertz CT molecular complexity index is 726. The predicted octanol–water partition coefficient (Wildman–Crippen LogP) is 1.82. The van der Waals surface area contributed by atoms with Crippen LogP contribution in [0.15, 0.2) is 48.5 Å².